The predicted molar refractivity (Wildman–Crippen MR) is 114 cm³/mol. The average molecular weight is 431 g/mol. The first-order valence-corrected chi connectivity index (χ1v) is 11.3. The summed E-state index contributed by atoms with van der Waals surface area (Å²) in [5.74, 6) is 0.238. The third-order valence-electron chi connectivity index (χ3n) is 4.65. The number of nitrogens with zero attached hydrogens (tertiary/aromatic N) is 3. The van der Waals surface area contributed by atoms with Crippen molar-refractivity contribution >= 4 is 45.9 Å². The van der Waals surface area contributed by atoms with Crippen molar-refractivity contribution in [3.63, 3.8) is 0 Å². The molecule has 0 saturated carbocycles. The van der Waals surface area contributed by atoms with Gasteiger partial charge in [0.2, 0.25) is 11.8 Å². The van der Waals surface area contributed by atoms with Crippen molar-refractivity contribution in [2.45, 2.75) is 18.2 Å². The molecule has 1 aliphatic heterocycles. The molecule has 4 rings (SSSR count). The van der Waals surface area contributed by atoms with Crippen LogP contribution in [0.25, 0.3) is 11.0 Å². The van der Waals surface area contributed by atoms with E-state index in [1.165, 1.54) is 11.8 Å². The molecule has 0 atom stereocenters. The van der Waals surface area contributed by atoms with Crippen molar-refractivity contribution in [3.05, 3.63) is 46.7 Å². The smallest absolute Gasteiger partial charge is 0.242 e. The lowest BCUT2D eigenvalue weighted by atomic mass is 10.3. The largest absolute Gasteiger partial charge is 0.378 e. The van der Waals surface area contributed by atoms with Crippen LogP contribution >= 0.6 is 23.1 Å². The number of carbonyl (C=O) groups is 2. The number of morpholine rings is 1. The normalized spacial score (nSPS) is 14.3. The molecule has 7 nitrogen and oxygen atoms in total. The van der Waals surface area contributed by atoms with Crippen molar-refractivity contribution in [1.29, 1.82) is 0 Å². The Balaban J connectivity index is 1.44. The van der Waals surface area contributed by atoms with Gasteiger partial charge in [0.05, 0.1) is 36.5 Å². The average Bonchev–Trinajstić information content (AvgIpc) is 3.39. The predicted octanol–water partition coefficient (Wildman–Crippen LogP) is 2.37. The highest BCUT2D eigenvalue weighted by atomic mass is 32.2. The van der Waals surface area contributed by atoms with Crippen LogP contribution in [-0.2, 0) is 27.4 Å². The van der Waals surface area contributed by atoms with Crippen LogP contribution in [0.2, 0.25) is 0 Å². The number of amides is 2. The van der Waals surface area contributed by atoms with Crippen LogP contribution < -0.4 is 5.32 Å². The van der Waals surface area contributed by atoms with Crippen molar-refractivity contribution in [1.82, 2.24) is 19.8 Å². The number of benzene rings is 1. The Labute approximate surface area is 177 Å². The molecule has 0 unspecified atom stereocenters. The molecular formula is C20H22N4O3S2. The van der Waals surface area contributed by atoms with Gasteiger partial charge in [-0.05, 0) is 23.6 Å². The van der Waals surface area contributed by atoms with E-state index in [2.05, 4.69) is 10.3 Å². The zero-order chi connectivity index (χ0) is 20.1. The Bertz CT molecular complexity index is 981. The van der Waals surface area contributed by atoms with E-state index in [-0.39, 0.29) is 24.1 Å². The molecular weight excluding hydrogens is 408 g/mol. The Morgan fingerprint density at radius 3 is 2.79 bits per heavy atom. The summed E-state index contributed by atoms with van der Waals surface area (Å²) in [5, 5.41) is 5.60. The summed E-state index contributed by atoms with van der Waals surface area (Å²) in [6.45, 7) is 3.10. The molecule has 1 aliphatic rings. The third kappa shape index (κ3) is 4.98. The van der Waals surface area contributed by atoms with Gasteiger partial charge >= 0.3 is 0 Å². The molecule has 0 bridgehead atoms. The zero-order valence-electron chi connectivity index (χ0n) is 15.9. The van der Waals surface area contributed by atoms with Gasteiger partial charge in [0, 0.05) is 18.0 Å². The Hall–Kier alpha value is -2.36. The quantitative estimate of drug-likeness (QED) is 0.583. The van der Waals surface area contributed by atoms with E-state index in [9.17, 15) is 9.59 Å². The molecule has 0 radical (unpaired) electrons. The maximum atomic E-state index is 12.8. The summed E-state index contributed by atoms with van der Waals surface area (Å²) in [7, 11) is 0. The highest BCUT2D eigenvalue weighted by molar-refractivity contribution is 7.99. The van der Waals surface area contributed by atoms with Gasteiger partial charge in [-0.15, -0.1) is 11.3 Å². The van der Waals surface area contributed by atoms with E-state index in [1.54, 1.807) is 11.3 Å². The molecule has 9 heteroatoms. The number of aromatic nitrogens is 2. The van der Waals surface area contributed by atoms with E-state index in [0.29, 0.717) is 38.0 Å². The molecule has 3 heterocycles. The van der Waals surface area contributed by atoms with E-state index >= 15 is 0 Å². The summed E-state index contributed by atoms with van der Waals surface area (Å²) in [4.78, 5) is 32.6. The lowest BCUT2D eigenvalue weighted by molar-refractivity contribution is -0.135. The Kier molecular flexibility index (Phi) is 6.48. The molecule has 1 aromatic carbocycles. The van der Waals surface area contributed by atoms with Gasteiger partial charge < -0.3 is 19.5 Å². The summed E-state index contributed by atoms with van der Waals surface area (Å²) < 4.78 is 7.24. The van der Waals surface area contributed by atoms with Gasteiger partial charge in [0.15, 0.2) is 5.16 Å². The second-order valence-electron chi connectivity index (χ2n) is 6.61. The van der Waals surface area contributed by atoms with E-state index in [1.807, 2.05) is 51.2 Å². The first-order chi connectivity index (χ1) is 14.2. The van der Waals surface area contributed by atoms with Crippen LogP contribution in [0.5, 0.6) is 0 Å². The maximum absolute atomic E-state index is 12.8. The highest BCUT2D eigenvalue weighted by Gasteiger charge is 2.20. The summed E-state index contributed by atoms with van der Waals surface area (Å²) in [6, 6.07) is 11.7. The molecule has 0 spiro atoms. The van der Waals surface area contributed by atoms with Gasteiger partial charge in [-0.3, -0.25) is 9.59 Å². The number of hydrogen-bond acceptors (Lipinski definition) is 6. The number of para-hydroxylation sites is 2. The number of thioether (sulfide) groups is 1. The number of fused-ring (bicyclic) bond motifs is 1. The van der Waals surface area contributed by atoms with Gasteiger partial charge in [-0.1, -0.05) is 30.0 Å². The van der Waals surface area contributed by atoms with Crippen molar-refractivity contribution in [2.24, 2.45) is 0 Å². The first-order valence-electron chi connectivity index (χ1n) is 9.43. The molecule has 152 valence electrons. The lowest BCUT2D eigenvalue weighted by Gasteiger charge is -2.27. The van der Waals surface area contributed by atoms with Gasteiger partial charge in [0.25, 0.3) is 0 Å². The summed E-state index contributed by atoms with van der Waals surface area (Å²) in [5.41, 5.74) is 1.72. The van der Waals surface area contributed by atoms with Crippen LogP contribution in [-0.4, -0.2) is 58.3 Å². The monoisotopic (exact) mass is 430 g/mol. The topological polar surface area (TPSA) is 76.5 Å². The number of thiophene rings is 1. The minimum absolute atomic E-state index is 0.0421. The number of ether oxygens (including phenoxy) is 1. The van der Waals surface area contributed by atoms with Gasteiger partial charge in [-0.25, -0.2) is 4.98 Å². The van der Waals surface area contributed by atoms with Crippen molar-refractivity contribution in [3.8, 4) is 0 Å². The molecule has 29 heavy (non-hydrogen) atoms. The number of rotatable bonds is 7. The molecule has 1 fully saturated rings. The minimum atomic E-state index is -0.0542. The number of hydrogen-bond donors (Lipinski definition) is 1. The molecule has 1 saturated heterocycles. The fourth-order valence-electron chi connectivity index (χ4n) is 3.14. The summed E-state index contributed by atoms with van der Waals surface area (Å²) in [6.07, 6.45) is 0. The first kappa shape index (κ1) is 19.9. The van der Waals surface area contributed by atoms with Crippen LogP contribution in [0.3, 0.4) is 0 Å². The molecule has 0 aliphatic carbocycles. The molecule has 2 amide bonds. The van der Waals surface area contributed by atoms with E-state index in [4.69, 9.17) is 4.74 Å². The van der Waals surface area contributed by atoms with Crippen LogP contribution in [0, 0.1) is 0 Å². The Morgan fingerprint density at radius 1 is 1.17 bits per heavy atom. The molecule has 3 aromatic rings. The molecule has 2 aromatic heterocycles. The van der Waals surface area contributed by atoms with E-state index < -0.39 is 0 Å². The highest BCUT2D eigenvalue weighted by Crippen LogP contribution is 2.24. The SMILES string of the molecule is O=C(CSc1nc2ccccc2n1CC(=O)N1CCOCC1)NCc1cccs1. The zero-order valence-corrected chi connectivity index (χ0v) is 17.5. The van der Waals surface area contributed by atoms with Crippen LogP contribution in [0.1, 0.15) is 4.88 Å². The number of nitrogens with one attached hydrogen (secondary N) is 1. The second kappa shape index (κ2) is 9.43. The minimum Gasteiger partial charge on any atom is -0.378 e. The third-order valence-corrected chi connectivity index (χ3v) is 6.50. The maximum Gasteiger partial charge on any atom is 0.242 e. The fourth-order valence-corrected chi connectivity index (χ4v) is 4.63. The van der Waals surface area contributed by atoms with Crippen molar-refractivity contribution in [2.75, 3.05) is 32.1 Å². The van der Waals surface area contributed by atoms with Crippen LogP contribution in [0.15, 0.2) is 46.9 Å². The Morgan fingerprint density at radius 2 is 2.00 bits per heavy atom. The standard InChI is InChI=1S/C20H22N4O3S2/c25-18(21-12-15-4-3-11-28-15)14-29-20-22-16-5-1-2-6-17(16)24(20)13-19(26)23-7-9-27-10-8-23/h1-6,11H,7-10,12-14H2,(H,21,25). The number of carbonyl (C=O) groups excluding carboxylic acids is 2. The van der Waals surface area contributed by atoms with Gasteiger partial charge in [0.1, 0.15) is 6.54 Å². The lowest BCUT2D eigenvalue weighted by Crippen LogP contribution is -2.42. The molecule has 1 N–H and O–H groups in total. The second-order valence-corrected chi connectivity index (χ2v) is 8.58. The summed E-state index contributed by atoms with van der Waals surface area (Å²) >= 11 is 2.97. The van der Waals surface area contributed by atoms with Crippen LogP contribution in [0.4, 0.5) is 0 Å². The fraction of sp³-hybridized carbons (Fsp3) is 0.350. The van der Waals surface area contributed by atoms with Crippen molar-refractivity contribution < 1.29 is 14.3 Å². The van der Waals surface area contributed by atoms with E-state index in [0.717, 1.165) is 15.9 Å². The number of imidazole rings is 1. The van der Waals surface area contributed by atoms with Gasteiger partial charge in [-0.2, -0.15) is 0 Å².